The van der Waals surface area contributed by atoms with Crippen molar-refractivity contribution in [3.8, 4) is 11.1 Å². The van der Waals surface area contributed by atoms with Gasteiger partial charge in [-0.2, -0.15) is 0 Å². The van der Waals surface area contributed by atoms with Crippen LogP contribution in [0.3, 0.4) is 0 Å². The van der Waals surface area contributed by atoms with Crippen molar-refractivity contribution in [1.29, 1.82) is 0 Å². The molecule has 0 fully saturated rings. The lowest BCUT2D eigenvalue weighted by Gasteiger charge is -2.12. The molecule has 0 spiro atoms. The van der Waals surface area contributed by atoms with Gasteiger partial charge in [0.2, 0.25) is 5.91 Å². The number of anilines is 1. The Morgan fingerprint density at radius 1 is 1.10 bits per heavy atom. The minimum Gasteiger partial charge on any atom is -0.325 e. The summed E-state index contributed by atoms with van der Waals surface area (Å²) in [5.74, 6) is 0.0336. The molecule has 29 heavy (non-hydrogen) atoms. The second-order valence-electron chi connectivity index (χ2n) is 6.33. The number of para-hydroxylation sites is 1. The van der Waals surface area contributed by atoms with E-state index in [4.69, 9.17) is 0 Å². The minimum atomic E-state index is -0.138. The monoisotopic (exact) mass is 421 g/mol. The molecule has 0 saturated carbocycles. The summed E-state index contributed by atoms with van der Waals surface area (Å²) in [5.41, 5.74) is 3.40. The van der Waals surface area contributed by atoms with E-state index in [0.29, 0.717) is 21.9 Å². The first-order valence-corrected chi connectivity index (χ1v) is 11.1. The molecule has 1 N–H and O–H groups in total. The number of carbonyl (C=O) groups excluding carboxylic acids is 1. The maximum Gasteiger partial charge on any atom is 0.272 e. The minimum absolute atomic E-state index is 0.0511. The summed E-state index contributed by atoms with van der Waals surface area (Å²) in [5, 5.41) is 5.42. The number of nitrogens with zero attached hydrogens (tertiary/aromatic N) is 2. The van der Waals surface area contributed by atoms with E-state index < -0.39 is 0 Å². The number of amides is 1. The van der Waals surface area contributed by atoms with Crippen molar-refractivity contribution in [3.63, 3.8) is 0 Å². The van der Waals surface area contributed by atoms with Gasteiger partial charge in [-0.3, -0.25) is 14.2 Å². The molecule has 0 radical (unpaired) electrons. The van der Waals surface area contributed by atoms with Crippen molar-refractivity contribution < 1.29 is 4.79 Å². The lowest BCUT2D eigenvalue weighted by Crippen LogP contribution is -2.22. The van der Waals surface area contributed by atoms with Crippen LogP contribution in [0.25, 0.3) is 21.3 Å². The molecule has 1 amide bonds. The van der Waals surface area contributed by atoms with Crippen LogP contribution < -0.4 is 10.9 Å². The lowest BCUT2D eigenvalue weighted by atomic mass is 10.0. The number of benzene rings is 2. The van der Waals surface area contributed by atoms with Crippen LogP contribution in [0.4, 0.5) is 5.69 Å². The van der Waals surface area contributed by atoms with E-state index >= 15 is 0 Å². The summed E-state index contributed by atoms with van der Waals surface area (Å²) in [7, 11) is 0. The Morgan fingerprint density at radius 2 is 1.86 bits per heavy atom. The zero-order valence-corrected chi connectivity index (χ0v) is 17.4. The smallest absolute Gasteiger partial charge is 0.272 e. The number of thioether (sulfide) groups is 1. The number of carbonyl (C=O) groups is 1. The van der Waals surface area contributed by atoms with Crippen LogP contribution >= 0.6 is 23.1 Å². The summed E-state index contributed by atoms with van der Waals surface area (Å²) in [6.45, 7) is 2.42. The van der Waals surface area contributed by atoms with E-state index in [2.05, 4.69) is 10.3 Å². The van der Waals surface area contributed by atoms with Crippen molar-refractivity contribution in [2.75, 3.05) is 11.1 Å². The number of aromatic nitrogens is 2. The molecule has 4 rings (SSSR count). The Kier molecular flexibility index (Phi) is 5.78. The van der Waals surface area contributed by atoms with Gasteiger partial charge < -0.3 is 5.32 Å². The van der Waals surface area contributed by atoms with E-state index in [-0.39, 0.29) is 17.2 Å². The van der Waals surface area contributed by atoms with Crippen LogP contribution in [0, 0.1) is 0 Å². The fourth-order valence-corrected chi connectivity index (χ4v) is 4.73. The highest BCUT2D eigenvalue weighted by Gasteiger charge is 2.14. The van der Waals surface area contributed by atoms with Gasteiger partial charge in [-0.25, -0.2) is 4.98 Å². The molecule has 146 valence electrons. The molecule has 0 bridgehead atoms. The van der Waals surface area contributed by atoms with Crippen molar-refractivity contribution in [2.45, 2.75) is 18.6 Å². The molecule has 5 nitrogen and oxygen atoms in total. The average Bonchev–Trinajstić information content (AvgIpc) is 3.22. The third-order valence-corrected chi connectivity index (χ3v) is 6.33. The van der Waals surface area contributed by atoms with E-state index in [9.17, 15) is 9.59 Å². The van der Waals surface area contributed by atoms with E-state index in [1.165, 1.54) is 23.1 Å². The van der Waals surface area contributed by atoms with Crippen molar-refractivity contribution in [1.82, 2.24) is 9.55 Å². The lowest BCUT2D eigenvalue weighted by molar-refractivity contribution is -0.113. The fourth-order valence-electron chi connectivity index (χ4n) is 3.09. The van der Waals surface area contributed by atoms with Gasteiger partial charge in [0, 0.05) is 17.8 Å². The summed E-state index contributed by atoms with van der Waals surface area (Å²) < 4.78 is 2.27. The van der Waals surface area contributed by atoms with E-state index in [1.54, 1.807) is 4.57 Å². The number of nitrogens with one attached hydrogen (secondary N) is 1. The van der Waals surface area contributed by atoms with Gasteiger partial charge in [-0.1, -0.05) is 60.3 Å². The highest BCUT2D eigenvalue weighted by molar-refractivity contribution is 7.99. The number of hydrogen-bond acceptors (Lipinski definition) is 5. The predicted octanol–water partition coefficient (Wildman–Crippen LogP) is 4.88. The molecule has 2 aromatic heterocycles. The molecule has 4 aromatic rings. The molecule has 7 heteroatoms. The molecule has 0 saturated heterocycles. The molecule has 0 aliphatic heterocycles. The molecule has 0 unspecified atom stereocenters. The molecule has 2 aromatic carbocycles. The van der Waals surface area contributed by atoms with Crippen LogP contribution in [0.5, 0.6) is 0 Å². The molecule has 0 aliphatic rings. The van der Waals surface area contributed by atoms with Gasteiger partial charge in [0.1, 0.15) is 4.70 Å². The van der Waals surface area contributed by atoms with Crippen molar-refractivity contribution in [3.05, 3.63) is 76.4 Å². The Morgan fingerprint density at radius 3 is 2.66 bits per heavy atom. The Labute approximate surface area is 176 Å². The molecule has 0 atom stereocenters. The summed E-state index contributed by atoms with van der Waals surface area (Å²) in [4.78, 5) is 29.8. The standard InChI is InChI=1S/C22H19N3O2S2/c1-2-25-21(27)20-18(12-13-28-20)24-22(25)29-14-19(26)23-17-11-7-6-10-16(17)15-8-4-3-5-9-15/h3-13H,2,14H2,1H3,(H,23,26). The normalized spacial score (nSPS) is 10.9. The van der Waals surface area contributed by atoms with E-state index in [0.717, 1.165) is 16.8 Å². The predicted molar refractivity (Wildman–Crippen MR) is 121 cm³/mol. The summed E-state index contributed by atoms with van der Waals surface area (Å²) in [6, 6.07) is 19.5. The third kappa shape index (κ3) is 4.11. The first-order chi connectivity index (χ1) is 14.2. The third-order valence-electron chi connectivity index (χ3n) is 4.47. The first-order valence-electron chi connectivity index (χ1n) is 9.22. The number of hydrogen-bond donors (Lipinski definition) is 1. The maximum absolute atomic E-state index is 12.6. The van der Waals surface area contributed by atoms with Gasteiger partial charge in [-0.05, 0) is 30.0 Å². The van der Waals surface area contributed by atoms with Gasteiger partial charge in [0.25, 0.3) is 5.56 Å². The Bertz CT molecular complexity index is 1220. The van der Waals surface area contributed by atoms with Crippen molar-refractivity contribution >= 4 is 44.9 Å². The second kappa shape index (κ2) is 8.63. The number of thiophene rings is 1. The Hall–Kier alpha value is -2.90. The fraction of sp³-hybridized carbons (Fsp3) is 0.136. The zero-order valence-electron chi connectivity index (χ0n) is 15.8. The van der Waals surface area contributed by atoms with Crippen LogP contribution in [-0.2, 0) is 11.3 Å². The van der Waals surface area contributed by atoms with Crippen molar-refractivity contribution in [2.24, 2.45) is 0 Å². The zero-order chi connectivity index (χ0) is 20.2. The van der Waals surface area contributed by atoms with E-state index in [1.807, 2.05) is 73.0 Å². The Balaban J connectivity index is 1.52. The van der Waals surface area contributed by atoms with Gasteiger partial charge in [-0.15, -0.1) is 11.3 Å². The first kappa shape index (κ1) is 19.4. The number of fused-ring (bicyclic) bond motifs is 1. The highest BCUT2D eigenvalue weighted by Crippen LogP contribution is 2.28. The average molecular weight is 422 g/mol. The molecule has 2 heterocycles. The van der Waals surface area contributed by atoms with Crippen LogP contribution in [0.15, 0.2) is 76.0 Å². The largest absolute Gasteiger partial charge is 0.325 e. The van der Waals surface area contributed by atoms with Crippen LogP contribution in [0.2, 0.25) is 0 Å². The summed E-state index contributed by atoms with van der Waals surface area (Å²) >= 11 is 2.67. The maximum atomic E-state index is 12.6. The molecule has 0 aliphatic carbocycles. The van der Waals surface area contributed by atoms with Crippen LogP contribution in [0.1, 0.15) is 6.92 Å². The molecular weight excluding hydrogens is 402 g/mol. The molecular formula is C22H19N3O2S2. The van der Waals surface area contributed by atoms with Crippen LogP contribution in [-0.4, -0.2) is 21.2 Å². The van der Waals surface area contributed by atoms with Gasteiger partial charge in [0.15, 0.2) is 5.16 Å². The van der Waals surface area contributed by atoms with Gasteiger partial charge >= 0.3 is 0 Å². The highest BCUT2D eigenvalue weighted by atomic mass is 32.2. The summed E-state index contributed by atoms with van der Waals surface area (Å²) in [6.07, 6.45) is 0. The SMILES string of the molecule is CCn1c(SCC(=O)Nc2ccccc2-c2ccccc2)nc2ccsc2c1=O. The van der Waals surface area contributed by atoms with Gasteiger partial charge in [0.05, 0.1) is 11.3 Å². The quantitative estimate of drug-likeness (QED) is 0.356. The topological polar surface area (TPSA) is 64.0 Å². The second-order valence-corrected chi connectivity index (χ2v) is 8.19. The number of rotatable bonds is 6.